The van der Waals surface area contributed by atoms with Crippen LogP contribution in [0.2, 0.25) is 0 Å². The average Bonchev–Trinajstić information content (AvgIpc) is 2.67. The first-order chi connectivity index (χ1) is 11.8. The van der Waals surface area contributed by atoms with Crippen molar-refractivity contribution in [2.24, 2.45) is 5.92 Å². The van der Waals surface area contributed by atoms with Gasteiger partial charge in [-0.3, -0.25) is 4.90 Å². The first kappa shape index (κ1) is 17.8. The van der Waals surface area contributed by atoms with E-state index < -0.39 is 0 Å². The van der Waals surface area contributed by atoms with Crippen molar-refractivity contribution in [2.45, 2.75) is 57.5 Å². The molecule has 3 rings (SSSR count). The summed E-state index contributed by atoms with van der Waals surface area (Å²) in [6, 6.07) is 2.70. The second-order valence-corrected chi connectivity index (χ2v) is 7.30. The summed E-state index contributed by atoms with van der Waals surface area (Å²) in [5.41, 5.74) is 0. The summed E-state index contributed by atoms with van der Waals surface area (Å²) >= 11 is 0. The molecule has 134 valence electrons. The summed E-state index contributed by atoms with van der Waals surface area (Å²) in [5, 5.41) is 3.77. The van der Waals surface area contributed by atoms with E-state index in [1.165, 1.54) is 38.5 Å². The van der Waals surface area contributed by atoms with Gasteiger partial charge in [-0.2, -0.15) is 0 Å². The van der Waals surface area contributed by atoms with Crippen LogP contribution in [0.1, 0.15) is 57.3 Å². The van der Waals surface area contributed by atoms with Gasteiger partial charge >= 0.3 is 0 Å². The molecule has 5 nitrogen and oxygen atoms in total. The maximum absolute atomic E-state index is 5.46. The van der Waals surface area contributed by atoms with Gasteiger partial charge in [-0.05, 0) is 25.3 Å². The van der Waals surface area contributed by atoms with Crippen molar-refractivity contribution in [2.75, 3.05) is 32.8 Å². The van der Waals surface area contributed by atoms with Gasteiger partial charge in [0.2, 0.25) is 0 Å². The van der Waals surface area contributed by atoms with E-state index in [0.717, 1.165) is 44.6 Å². The molecule has 1 N–H and O–H groups in total. The van der Waals surface area contributed by atoms with E-state index in [9.17, 15) is 0 Å². The minimum absolute atomic E-state index is 0.276. The number of morpholine rings is 1. The fourth-order valence-corrected chi connectivity index (χ4v) is 3.99. The molecule has 2 fully saturated rings. The predicted octanol–water partition coefficient (Wildman–Crippen LogP) is 2.80. The molecular formula is C19H32N4O. The Kier molecular flexibility index (Phi) is 6.99. The van der Waals surface area contributed by atoms with Crippen LogP contribution in [0.3, 0.4) is 0 Å². The number of nitrogens with zero attached hydrogens (tertiary/aromatic N) is 3. The standard InChI is InChI=1S/C19H32N4O/c1-16(23-10-12-24-13-11-23)15-22-18(19-20-8-5-9-21-19)14-17-6-3-2-4-7-17/h5,8-9,16-18,22H,2-4,6-7,10-15H2,1H3/t16-,18-/m0/s1. The zero-order valence-corrected chi connectivity index (χ0v) is 15.0. The van der Waals surface area contributed by atoms with Gasteiger partial charge in [0.05, 0.1) is 19.3 Å². The molecule has 0 aromatic carbocycles. The van der Waals surface area contributed by atoms with Gasteiger partial charge in [0.1, 0.15) is 5.82 Å². The lowest BCUT2D eigenvalue weighted by molar-refractivity contribution is 0.0196. The highest BCUT2D eigenvalue weighted by Crippen LogP contribution is 2.30. The van der Waals surface area contributed by atoms with E-state index in [2.05, 4.69) is 27.1 Å². The third-order valence-corrected chi connectivity index (χ3v) is 5.52. The number of hydrogen-bond donors (Lipinski definition) is 1. The summed E-state index contributed by atoms with van der Waals surface area (Å²) in [4.78, 5) is 11.6. The molecule has 0 radical (unpaired) electrons. The van der Waals surface area contributed by atoms with E-state index in [1.807, 2.05) is 18.5 Å². The van der Waals surface area contributed by atoms with E-state index in [0.29, 0.717) is 6.04 Å². The molecule has 1 saturated carbocycles. The lowest BCUT2D eigenvalue weighted by atomic mass is 9.84. The van der Waals surface area contributed by atoms with Crippen LogP contribution in [-0.4, -0.2) is 53.8 Å². The van der Waals surface area contributed by atoms with Gasteiger partial charge in [0.25, 0.3) is 0 Å². The van der Waals surface area contributed by atoms with Crippen LogP contribution < -0.4 is 5.32 Å². The van der Waals surface area contributed by atoms with Crippen molar-refractivity contribution in [3.63, 3.8) is 0 Å². The fourth-order valence-electron chi connectivity index (χ4n) is 3.99. The molecule has 2 atom stereocenters. The van der Waals surface area contributed by atoms with Crippen molar-refractivity contribution in [3.05, 3.63) is 24.3 Å². The summed E-state index contributed by atoms with van der Waals surface area (Å²) in [6.07, 6.45) is 11.8. The van der Waals surface area contributed by atoms with Crippen LogP contribution in [0, 0.1) is 5.92 Å². The molecule has 0 bridgehead atoms. The SMILES string of the molecule is C[C@@H](CN[C@@H](CC1CCCCC1)c1ncccn1)N1CCOCC1. The molecule has 2 heterocycles. The second kappa shape index (κ2) is 9.44. The highest BCUT2D eigenvalue weighted by molar-refractivity contribution is 4.97. The molecule has 1 aromatic heterocycles. The maximum atomic E-state index is 5.46. The Morgan fingerprint density at radius 1 is 1.17 bits per heavy atom. The van der Waals surface area contributed by atoms with Gasteiger partial charge < -0.3 is 10.1 Å². The van der Waals surface area contributed by atoms with Crippen molar-refractivity contribution in [1.29, 1.82) is 0 Å². The Morgan fingerprint density at radius 3 is 2.58 bits per heavy atom. The lowest BCUT2D eigenvalue weighted by Crippen LogP contribution is -2.47. The topological polar surface area (TPSA) is 50.3 Å². The fraction of sp³-hybridized carbons (Fsp3) is 0.789. The molecular weight excluding hydrogens is 300 g/mol. The minimum Gasteiger partial charge on any atom is -0.379 e. The van der Waals surface area contributed by atoms with Crippen LogP contribution >= 0.6 is 0 Å². The van der Waals surface area contributed by atoms with E-state index in [-0.39, 0.29) is 6.04 Å². The molecule has 1 aliphatic heterocycles. The number of rotatable bonds is 7. The lowest BCUT2D eigenvalue weighted by Gasteiger charge is -2.34. The molecule has 0 amide bonds. The van der Waals surface area contributed by atoms with Crippen molar-refractivity contribution >= 4 is 0 Å². The Labute approximate surface area is 146 Å². The second-order valence-electron chi connectivity index (χ2n) is 7.30. The monoisotopic (exact) mass is 332 g/mol. The van der Waals surface area contributed by atoms with E-state index >= 15 is 0 Å². The molecule has 2 aliphatic rings. The van der Waals surface area contributed by atoms with Gasteiger partial charge in [-0.25, -0.2) is 9.97 Å². The van der Waals surface area contributed by atoms with Gasteiger partial charge in [0.15, 0.2) is 0 Å². The third kappa shape index (κ3) is 5.23. The van der Waals surface area contributed by atoms with Gasteiger partial charge in [-0.1, -0.05) is 32.1 Å². The van der Waals surface area contributed by atoms with Crippen LogP contribution in [0.5, 0.6) is 0 Å². The molecule has 0 unspecified atom stereocenters. The normalized spacial score (nSPS) is 23.0. The number of ether oxygens (including phenoxy) is 1. The highest BCUT2D eigenvalue weighted by Gasteiger charge is 2.23. The zero-order valence-electron chi connectivity index (χ0n) is 15.0. The molecule has 1 aromatic rings. The molecule has 1 saturated heterocycles. The minimum atomic E-state index is 0.276. The zero-order chi connectivity index (χ0) is 16.6. The third-order valence-electron chi connectivity index (χ3n) is 5.52. The summed E-state index contributed by atoms with van der Waals surface area (Å²) in [7, 11) is 0. The molecule has 24 heavy (non-hydrogen) atoms. The van der Waals surface area contributed by atoms with Gasteiger partial charge in [-0.15, -0.1) is 0 Å². The summed E-state index contributed by atoms with van der Waals surface area (Å²) in [5.74, 6) is 1.77. The van der Waals surface area contributed by atoms with Crippen molar-refractivity contribution < 1.29 is 4.74 Å². The Bertz CT molecular complexity index is 458. The van der Waals surface area contributed by atoms with Crippen molar-refractivity contribution in [1.82, 2.24) is 20.2 Å². The van der Waals surface area contributed by atoms with Crippen molar-refractivity contribution in [3.8, 4) is 0 Å². The Hall–Kier alpha value is -1.04. The molecule has 1 aliphatic carbocycles. The first-order valence-corrected chi connectivity index (χ1v) is 9.65. The number of nitrogens with one attached hydrogen (secondary N) is 1. The van der Waals surface area contributed by atoms with E-state index in [1.54, 1.807) is 0 Å². The Balaban J connectivity index is 1.56. The van der Waals surface area contributed by atoms with Crippen LogP contribution in [0.15, 0.2) is 18.5 Å². The van der Waals surface area contributed by atoms with E-state index in [4.69, 9.17) is 4.74 Å². The Morgan fingerprint density at radius 2 is 1.88 bits per heavy atom. The smallest absolute Gasteiger partial charge is 0.145 e. The summed E-state index contributed by atoms with van der Waals surface area (Å²) in [6.45, 7) is 7.09. The average molecular weight is 332 g/mol. The number of hydrogen-bond acceptors (Lipinski definition) is 5. The summed E-state index contributed by atoms with van der Waals surface area (Å²) < 4.78 is 5.46. The van der Waals surface area contributed by atoms with Crippen LogP contribution in [0.25, 0.3) is 0 Å². The quantitative estimate of drug-likeness (QED) is 0.832. The first-order valence-electron chi connectivity index (χ1n) is 9.65. The maximum Gasteiger partial charge on any atom is 0.145 e. The van der Waals surface area contributed by atoms with Crippen LogP contribution in [-0.2, 0) is 4.74 Å². The molecule has 5 heteroatoms. The number of aromatic nitrogens is 2. The largest absolute Gasteiger partial charge is 0.379 e. The van der Waals surface area contributed by atoms with Gasteiger partial charge in [0, 0.05) is 38.1 Å². The predicted molar refractivity (Wildman–Crippen MR) is 95.8 cm³/mol. The van der Waals surface area contributed by atoms with Crippen LogP contribution in [0.4, 0.5) is 0 Å². The molecule has 0 spiro atoms. The highest BCUT2D eigenvalue weighted by atomic mass is 16.5.